The molecular weight excluding hydrogens is 538 g/mol. The molecule has 1 atom stereocenters. The van der Waals surface area contributed by atoms with Gasteiger partial charge in [-0.2, -0.15) is 0 Å². The molecule has 0 amide bonds. The Morgan fingerprint density at radius 1 is 0.364 bits per heavy atom. The summed E-state index contributed by atoms with van der Waals surface area (Å²) in [5, 5.41) is 0. The lowest BCUT2D eigenvalue weighted by atomic mass is 10.0. The fourth-order valence-electron chi connectivity index (χ4n) is 6.43. The van der Waals surface area contributed by atoms with E-state index in [0.29, 0.717) is 0 Å². The maximum atomic E-state index is 6.24. The van der Waals surface area contributed by atoms with Gasteiger partial charge in [-0.15, -0.1) is 0 Å². The molecule has 0 fully saturated rings. The number of unbranched alkanes of at least 4 members (excludes halogenated alkanes) is 30. The Bertz CT molecular complexity index is 497. The van der Waals surface area contributed by atoms with Crippen LogP contribution in [0.5, 0.6) is 0 Å². The maximum Gasteiger partial charge on any atom is 0.0934 e. The smallest absolute Gasteiger partial charge is 0.0934 e. The Morgan fingerprint density at radius 3 is 0.932 bits per heavy atom. The van der Waals surface area contributed by atoms with Gasteiger partial charge in [-0.3, -0.25) is 0 Å². The van der Waals surface area contributed by atoms with Crippen LogP contribution in [0.25, 0.3) is 0 Å². The van der Waals surface area contributed by atoms with Crippen molar-refractivity contribution in [3.63, 3.8) is 0 Å². The van der Waals surface area contributed by atoms with Crippen LogP contribution >= 0.6 is 0 Å². The maximum absolute atomic E-state index is 6.24. The predicted molar refractivity (Wildman–Crippen MR) is 198 cm³/mol. The zero-order chi connectivity index (χ0) is 32.0. The first-order chi connectivity index (χ1) is 21.7. The highest BCUT2D eigenvalue weighted by molar-refractivity contribution is 4.61. The summed E-state index contributed by atoms with van der Waals surface area (Å²) in [7, 11) is 4.28. The zero-order valence-corrected chi connectivity index (χ0v) is 31.3. The highest BCUT2D eigenvalue weighted by Crippen LogP contribution is 2.15. The third-order valence-electron chi connectivity index (χ3n) is 9.37. The van der Waals surface area contributed by atoms with Gasteiger partial charge in [0.2, 0.25) is 0 Å². The molecule has 0 saturated heterocycles. The molecule has 0 N–H and O–H groups in total. The summed E-state index contributed by atoms with van der Waals surface area (Å²) in [6, 6.07) is 0. The van der Waals surface area contributed by atoms with Crippen molar-refractivity contribution in [2.75, 3.05) is 40.5 Å². The lowest BCUT2D eigenvalue weighted by Crippen LogP contribution is -2.32. The quantitative estimate of drug-likeness (QED) is 0.0636. The number of hydrogen-bond acceptors (Lipinski definition) is 3. The second-order valence-corrected chi connectivity index (χ2v) is 14.4. The van der Waals surface area contributed by atoms with Gasteiger partial charge in [0.1, 0.15) is 0 Å². The molecule has 3 nitrogen and oxygen atoms in total. The van der Waals surface area contributed by atoms with Crippen LogP contribution in [0, 0.1) is 0 Å². The van der Waals surface area contributed by atoms with Gasteiger partial charge < -0.3 is 14.4 Å². The van der Waals surface area contributed by atoms with E-state index in [9.17, 15) is 0 Å². The monoisotopic (exact) mass is 624 g/mol. The lowest BCUT2D eigenvalue weighted by Gasteiger charge is -2.21. The first kappa shape index (κ1) is 43.9. The molecule has 0 aromatic rings. The SMILES string of the molecule is CCCCCCCCCCCCCCCCCCOCC(CN(C)C)OCCCCCCCCCCCCCCCCCC. The third-order valence-corrected chi connectivity index (χ3v) is 9.37. The van der Waals surface area contributed by atoms with Crippen LogP contribution in [0.2, 0.25) is 0 Å². The molecule has 1 unspecified atom stereocenters. The van der Waals surface area contributed by atoms with Gasteiger partial charge in [-0.1, -0.05) is 206 Å². The molecule has 0 aliphatic heterocycles. The number of hydrogen-bond donors (Lipinski definition) is 0. The van der Waals surface area contributed by atoms with Crippen molar-refractivity contribution < 1.29 is 9.47 Å². The van der Waals surface area contributed by atoms with Crippen LogP contribution in [0.1, 0.15) is 219 Å². The summed E-state index contributed by atoms with van der Waals surface area (Å²) in [5.74, 6) is 0. The summed E-state index contributed by atoms with van der Waals surface area (Å²) < 4.78 is 12.3. The number of ether oxygens (including phenoxy) is 2. The molecule has 3 heteroatoms. The molecule has 0 aliphatic carbocycles. The van der Waals surface area contributed by atoms with Crippen molar-refractivity contribution >= 4 is 0 Å². The minimum absolute atomic E-state index is 0.211. The van der Waals surface area contributed by atoms with E-state index in [-0.39, 0.29) is 6.10 Å². The largest absolute Gasteiger partial charge is 0.379 e. The van der Waals surface area contributed by atoms with Crippen LogP contribution in [0.3, 0.4) is 0 Å². The molecule has 44 heavy (non-hydrogen) atoms. The Balaban J connectivity index is 3.44. The van der Waals surface area contributed by atoms with E-state index in [0.717, 1.165) is 26.4 Å². The van der Waals surface area contributed by atoms with Gasteiger partial charge in [0, 0.05) is 19.8 Å². The summed E-state index contributed by atoms with van der Waals surface area (Å²) in [5.41, 5.74) is 0. The average Bonchev–Trinajstić information content (AvgIpc) is 3.01. The van der Waals surface area contributed by atoms with E-state index in [1.807, 2.05) is 0 Å². The van der Waals surface area contributed by atoms with Crippen LogP contribution in [-0.2, 0) is 9.47 Å². The molecule has 0 rings (SSSR count). The second-order valence-electron chi connectivity index (χ2n) is 14.4. The van der Waals surface area contributed by atoms with E-state index >= 15 is 0 Å². The Kier molecular flexibility index (Phi) is 39.0. The van der Waals surface area contributed by atoms with Crippen molar-refractivity contribution in [2.24, 2.45) is 0 Å². The fraction of sp³-hybridized carbons (Fsp3) is 1.00. The van der Waals surface area contributed by atoms with Gasteiger partial charge in [0.25, 0.3) is 0 Å². The van der Waals surface area contributed by atoms with E-state index in [4.69, 9.17) is 9.47 Å². The summed E-state index contributed by atoms with van der Waals surface area (Å²) in [6.07, 6.45) is 45.4. The summed E-state index contributed by atoms with van der Waals surface area (Å²) in [6.45, 7) is 8.09. The third kappa shape index (κ3) is 38.1. The number of nitrogens with zero attached hydrogens (tertiary/aromatic N) is 1. The molecule has 0 bridgehead atoms. The lowest BCUT2D eigenvalue weighted by molar-refractivity contribution is -0.0287. The summed E-state index contributed by atoms with van der Waals surface area (Å²) >= 11 is 0. The van der Waals surface area contributed by atoms with E-state index in [2.05, 4.69) is 32.8 Å². The van der Waals surface area contributed by atoms with E-state index in [1.54, 1.807) is 0 Å². The number of rotatable bonds is 39. The first-order valence-electron chi connectivity index (χ1n) is 20.5. The second kappa shape index (κ2) is 39.1. The van der Waals surface area contributed by atoms with Gasteiger partial charge >= 0.3 is 0 Å². The Labute approximate surface area is 279 Å². The standard InChI is InChI=1S/C41H85NO2/c1-5-7-9-11-13-15-17-19-21-23-25-27-29-31-33-35-37-43-40-41(39-42(3)4)44-38-36-34-32-30-28-26-24-22-20-18-16-14-12-10-8-6-2/h41H,5-40H2,1-4H3. The number of likely N-dealkylation sites (N-methyl/N-ethyl adjacent to an activating group) is 1. The molecule has 0 aliphatic rings. The van der Waals surface area contributed by atoms with Crippen molar-refractivity contribution in [1.29, 1.82) is 0 Å². The fourth-order valence-corrected chi connectivity index (χ4v) is 6.43. The predicted octanol–water partition coefficient (Wildman–Crippen LogP) is 13.5. The molecule has 0 saturated carbocycles. The minimum Gasteiger partial charge on any atom is -0.379 e. The zero-order valence-electron chi connectivity index (χ0n) is 31.3. The highest BCUT2D eigenvalue weighted by Gasteiger charge is 2.11. The molecule has 0 radical (unpaired) electrons. The Morgan fingerprint density at radius 2 is 0.636 bits per heavy atom. The molecule has 0 aromatic heterocycles. The van der Waals surface area contributed by atoms with Crippen molar-refractivity contribution in [2.45, 2.75) is 225 Å². The van der Waals surface area contributed by atoms with Gasteiger partial charge in [0.05, 0.1) is 12.7 Å². The molecule has 0 spiro atoms. The van der Waals surface area contributed by atoms with Gasteiger partial charge in [0.15, 0.2) is 0 Å². The van der Waals surface area contributed by atoms with Crippen LogP contribution in [0.15, 0.2) is 0 Å². The van der Waals surface area contributed by atoms with E-state index < -0.39 is 0 Å². The topological polar surface area (TPSA) is 21.7 Å². The van der Waals surface area contributed by atoms with E-state index in [1.165, 1.54) is 205 Å². The molecule has 266 valence electrons. The van der Waals surface area contributed by atoms with Gasteiger partial charge in [-0.05, 0) is 26.9 Å². The van der Waals surface area contributed by atoms with Gasteiger partial charge in [-0.25, -0.2) is 0 Å². The molecular formula is C41H85NO2. The Hall–Kier alpha value is -0.120. The highest BCUT2D eigenvalue weighted by atomic mass is 16.5. The van der Waals surface area contributed by atoms with Crippen LogP contribution in [-0.4, -0.2) is 51.5 Å². The van der Waals surface area contributed by atoms with Crippen molar-refractivity contribution in [3.8, 4) is 0 Å². The average molecular weight is 624 g/mol. The van der Waals surface area contributed by atoms with Crippen LogP contribution in [0.4, 0.5) is 0 Å². The summed E-state index contributed by atoms with van der Waals surface area (Å²) in [4.78, 5) is 2.23. The minimum atomic E-state index is 0.211. The van der Waals surface area contributed by atoms with Crippen LogP contribution < -0.4 is 0 Å². The normalized spacial score (nSPS) is 12.5. The molecule has 0 heterocycles. The van der Waals surface area contributed by atoms with Crippen molar-refractivity contribution in [1.82, 2.24) is 4.90 Å². The molecule has 0 aromatic carbocycles. The van der Waals surface area contributed by atoms with Crippen molar-refractivity contribution in [3.05, 3.63) is 0 Å². The first-order valence-corrected chi connectivity index (χ1v) is 20.5.